The third kappa shape index (κ3) is 3.57. The summed E-state index contributed by atoms with van der Waals surface area (Å²) >= 11 is 0. The topological polar surface area (TPSA) is 9.23 Å². The van der Waals surface area contributed by atoms with E-state index in [9.17, 15) is 17.6 Å². The fourth-order valence-corrected chi connectivity index (χ4v) is 3.70. The second kappa shape index (κ2) is 6.98. The zero-order valence-corrected chi connectivity index (χ0v) is 14.3. The fourth-order valence-electron chi connectivity index (χ4n) is 3.70. The van der Waals surface area contributed by atoms with Crippen molar-refractivity contribution in [2.75, 3.05) is 7.11 Å². The Bertz CT molecular complexity index is 835. The molecule has 8 heteroatoms. The van der Waals surface area contributed by atoms with Gasteiger partial charge in [0.15, 0.2) is 5.82 Å². The maximum absolute atomic E-state index is 15.8. The maximum atomic E-state index is 15.8. The van der Waals surface area contributed by atoms with Gasteiger partial charge >= 0.3 is 0 Å². The molecule has 3 rings (SSSR count). The molecule has 0 saturated carbocycles. The van der Waals surface area contributed by atoms with Crippen molar-refractivity contribution in [2.24, 2.45) is 0 Å². The molecule has 2 aliphatic carbocycles. The summed E-state index contributed by atoms with van der Waals surface area (Å²) in [4.78, 5) is 0. The van der Waals surface area contributed by atoms with E-state index in [2.05, 4.69) is 0 Å². The molecule has 1 aromatic rings. The molecule has 0 spiro atoms. The molecular weight excluding hydrogens is 369 g/mol. The summed E-state index contributed by atoms with van der Waals surface area (Å²) in [6, 6.07) is 1.23. The van der Waals surface area contributed by atoms with Crippen LogP contribution in [0.1, 0.15) is 12.8 Å². The number of hydrogen-bond acceptors (Lipinski definition) is 1. The molecule has 2 atom stereocenters. The highest BCUT2D eigenvalue weighted by Gasteiger charge is 2.57. The van der Waals surface area contributed by atoms with Gasteiger partial charge < -0.3 is 4.74 Å². The highest BCUT2D eigenvalue weighted by atomic mass is 19.2. The molecule has 0 N–H and O–H groups in total. The molecule has 1 aromatic carbocycles. The molecule has 0 aromatic heterocycles. The first-order valence-corrected chi connectivity index (χ1v) is 8.17. The molecule has 1 nitrogen and oxygen atoms in total. The maximum Gasteiger partial charge on any atom is 0.279 e. The van der Waals surface area contributed by atoms with E-state index in [4.69, 9.17) is 4.74 Å². The predicted molar refractivity (Wildman–Crippen MR) is 91.9 cm³/mol. The van der Waals surface area contributed by atoms with Gasteiger partial charge in [0.1, 0.15) is 34.4 Å². The van der Waals surface area contributed by atoms with E-state index in [0.29, 0.717) is 6.07 Å². The quantitative estimate of drug-likeness (QED) is 0.536. The normalized spacial score (nSPS) is 27.2. The molecular formula is C19H15BF6O. The number of allylic oxidation sites excluding steroid dienone is 8. The number of halogens is 6. The van der Waals surface area contributed by atoms with Gasteiger partial charge in [-0.2, -0.15) is 0 Å². The SMILES string of the molecule is COc1c(F)cc(F)cc1B(C1(F)C=CC=C(F)C1)C1(F)C=CC=C(F)C1. The molecule has 2 aliphatic rings. The van der Waals surface area contributed by atoms with Crippen LogP contribution in [0.2, 0.25) is 0 Å². The standard InChI is InChI=1S/C19H15BF6O/c1-27-17-15(8-14(23)9-16(17)24)20(18(25)6-2-4-12(21)10-18)19(26)7-3-5-13(22)11-19/h2-9H,10-11H2,1H3. The number of alkyl halides is 2. The third-order valence-electron chi connectivity index (χ3n) is 4.69. The number of methoxy groups -OCH3 is 1. The van der Waals surface area contributed by atoms with Gasteiger partial charge in [-0.1, -0.05) is 24.3 Å². The van der Waals surface area contributed by atoms with Gasteiger partial charge in [-0.3, -0.25) is 0 Å². The number of hydrogen-bond donors (Lipinski definition) is 0. The zero-order chi connectivity index (χ0) is 19.8. The predicted octanol–water partition coefficient (Wildman–Crippen LogP) is 4.80. The van der Waals surface area contributed by atoms with Gasteiger partial charge in [-0.05, 0) is 23.7 Å². The minimum Gasteiger partial charge on any atom is -0.494 e. The van der Waals surface area contributed by atoms with Crippen molar-refractivity contribution in [3.05, 3.63) is 71.9 Å². The number of benzene rings is 1. The Labute approximate surface area is 152 Å². The van der Waals surface area contributed by atoms with Crippen molar-refractivity contribution in [3.8, 4) is 5.75 Å². The van der Waals surface area contributed by atoms with E-state index < -0.39 is 65.2 Å². The van der Waals surface area contributed by atoms with E-state index in [0.717, 1.165) is 49.6 Å². The Balaban J connectivity index is 2.24. The van der Waals surface area contributed by atoms with Crippen molar-refractivity contribution in [3.63, 3.8) is 0 Å². The van der Waals surface area contributed by atoms with Crippen LogP contribution in [0.5, 0.6) is 5.75 Å². The lowest BCUT2D eigenvalue weighted by Gasteiger charge is -2.39. The Hall–Kier alpha value is -2.38. The van der Waals surface area contributed by atoms with E-state index in [-0.39, 0.29) is 0 Å². The molecule has 0 amide bonds. The highest BCUT2D eigenvalue weighted by molar-refractivity contribution is 6.80. The lowest BCUT2D eigenvalue weighted by molar-refractivity contribution is 0.258. The lowest BCUT2D eigenvalue weighted by atomic mass is 9.26. The minimum absolute atomic E-state index is 0.487. The van der Waals surface area contributed by atoms with Crippen molar-refractivity contribution in [1.82, 2.24) is 0 Å². The molecule has 0 aliphatic heterocycles. The Morgan fingerprint density at radius 3 is 1.85 bits per heavy atom. The van der Waals surface area contributed by atoms with Crippen LogP contribution in [-0.4, -0.2) is 25.0 Å². The molecule has 27 heavy (non-hydrogen) atoms. The summed E-state index contributed by atoms with van der Waals surface area (Å²) in [6.07, 6.45) is 4.20. The molecule has 142 valence electrons. The molecule has 0 fully saturated rings. The highest BCUT2D eigenvalue weighted by Crippen LogP contribution is 2.42. The van der Waals surface area contributed by atoms with Crippen LogP contribution in [0.15, 0.2) is 60.2 Å². The zero-order valence-electron chi connectivity index (χ0n) is 14.3. The summed E-state index contributed by atoms with van der Waals surface area (Å²) < 4.78 is 92.3. The summed E-state index contributed by atoms with van der Waals surface area (Å²) in [5.41, 5.74) is -5.90. The van der Waals surface area contributed by atoms with E-state index in [1.54, 1.807) is 0 Å². The van der Waals surface area contributed by atoms with Crippen LogP contribution in [0.4, 0.5) is 26.3 Å². The molecule has 0 radical (unpaired) electrons. The number of ether oxygens (including phenoxy) is 1. The van der Waals surface area contributed by atoms with Crippen molar-refractivity contribution < 1.29 is 31.1 Å². The van der Waals surface area contributed by atoms with Crippen molar-refractivity contribution in [2.45, 2.75) is 24.0 Å². The van der Waals surface area contributed by atoms with Crippen LogP contribution in [0, 0.1) is 11.6 Å². The molecule has 0 saturated heterocycles. The molecule has 2 unspecified atom stereocenters. The van der Waals surface area contributed by atoms with Crippen molar-refractivity contribution in [1.29, 1.82) is 0 Å². The average molecular weight is 384 g/mol. The average Bonchev–Trinajstić information content (AvgIpc) is 2.53. The van der Waals surface area contributed by atoms with E-state index in [1.165, 1.54) is 0 Å². The molecule has 0 heterocycles. The van der Waals surface area contributed by atoms with Crippen LogP contribution in [-0.2, 0) is 0 Å². The van der Waals surface area contributed by atoms with Gasteiger partial charge in [0.05, 0.1) is 7.11 Å². The van der Waals surface area contributed by atoms with E-state index >= 15 is 8.78 Å². The number of rotatable bonds is 4. The first-order chi connectivity index (χ1) is 12.7. The summed E-state index contributed by atoms with van der Waals surface area (Å²) in [5.74, 6) is -4.59. The summed E-state index contributed by atoms with van der Waals surface area (Å²) in [6.45, 7) is -1.96. The fraction of sp³-hybridized carbons (Fsp3) is 0.263. The van der Waals surface area contributed by atoms with Gasteiger partial charge in [-0.15, -0.1) is 0 Å². The minimum atomic E-state index is -2.71. The first-order valence-electron chi connectivity index (χ1n) is 8.17. The van der Waals surface area contributed by atoms with Crippen LogP contribution in [0.25, 0.3) is 0 Å². The summed E-state index contributed by atoms with van der Waals surface area (Å²) in [7, 11) is 1.06. The monoisotopic (exact) mass is 384 g/mol. The molecule has 0 bridgehead atoms. The van der Waals surface area contributed by atoms with Gasteiger partial charge in [-0.25, -0.2) is 26.3 Å². The second-order valence-corrected chi connectivity index (χ2v) is 6.60. The lowest BCUT2D eigenvalue weighted by Crippen LogP contribution is -2.62. The first kappa shape index (κ1) is 19.4. The smallest absolute Gasteiger partial charge is 0.279 e. The van der Waals surface area contributed by atoms with Crippen LogP contribution in [0.3, 0.4) is 0 Å². The Morgan fingerprint density at radius 2 is 1.41 bits per heavy atom. The largest absolute Gasteiger partial charge is 0.494 e. The van der Waals surface area contributed by atoms with Gasteiger partial charge in [0.2, 0.25) is 0 Å². The third-order valence-corrected chi connectivity index (χ3v) is 4.69. The second-order valence-electron chi connectivity index (χ2n) is 6.60. The Kier molecular flexibility index (Phi) is 5.01. The van der Waals surface area contributed by atoms with Gasteiger partial charge in [0, 0.05) is 18.9 Å². The Morgan fingerprint density at radius 1 is 0.889 bits per heavy atom. The van der Waals surface area contributed by atoms with Gasteiger partial charge in [0.25, 0.3) is 6.71 Å². The summed E-state index contributed by atoms with van der Waals surface area (Å²) in [5, 5.41) is 0. The van der Waals surface area contributed by atoms with Crippen molar-refractivity contribution >= 4 is 12.2 Å². The van der Waals surface area contributed by atoms with Crippen LogP contribution < -0.4 is 10.2 Å². The van der Waals surface area contributed by atoms with E-state index in [1.807, 2.05) is 0 Å². The van der Waals surface area contributed by atoms with Crippen LogP contribution >= 0.6 is 0 Å².